The van der Waals surface area contributed by atoms with Crippen LogP contribution in [0.3, 0.4) is 0 Å². The van der Waals surface area contributed by atoms with E-state index in [0.717, 1.165) is 0 Å². The summed E-state index contributed by atoms with van der Waals surface area (Å²) in [4.78, 5) is 26.3. The zero-order valence-corrected chi connectivity index (χ0v) is 17.4. The Balaban J connectivity index is 2.08. The zero-order valence-electron chi connectivity index (χ0n) is 17.4. The molecule has 3 rings (SSSR count). The maximum absolute atomic E-state index is 12.5. The number of carbonyl (C=O) groups is 1. The van der Waals surface area contributed by atoms with Gasteiger partial charge in [-0.15, -0.1) is 0 Å². The molecule has 31 heavy (non-hydrogen) atoms. The molecule has 0 spiro atoms. The van der Waals surface area contributed by atoms with E-state index in [9.17, 15) is 19.8 Å². The molecule has 1 aliphatic rings. The molecule has 0 radical (unpaired) electrons. The molecule has 1 saturated heterocycles. The lowest BCUT2D eigenvalue weighted by molar-refractivity contribution is -0.118. The second kappa shape index (κ2) is 9.71. The van der Waals surface area contributed by atoms with Gasteiger partial charge in [0.2, 0.25) is 22.8 Å². The summed E-state index contributed by atoms with van der Waals surface area (Å²) in [6.07, 6.45) is -0.255. The van der Waals surface area contributed by atoms with Crippen LogP contribution in [0.1, 0.15) is 29.4 Å². The predicted octanol–water partition coefficient (Wildman–Crippen LogP) is 0.908. The number of hydrogen-bond donors (Lipinski definition) is 3. The minimum Gasteiger partial charge on any atom is -0.502 e. The van der Waals surface area contributed by atoms with Gasteiger partial charge >= 0.3 is 0 Å². The number of amides is 1. The van der Waals surface area contributed by atoms with Gasteiger partial charge in [0.1, 0.15) is 5.76 Å². The van der Waals surface area contributed by atoms with Gasteiger partial charge in [0.25, 0.3) is 0 Å². The minimum absolute atomic E-state index is 0.0927. The van der Waals surface area contributed by atoms with Crippen molar-refractivity contribution in [3.05, 3.63) is 45.5 Å². The van der Waals surface area contributed by atoms with Crippen molar-refractivity contribution < 1.29 is 33.6 Å². The van der Waals surface area contributed by atoms with Crippen LogP contribution in [0.5, 0.6) is 23.0 Å². The molecule has 1 fully saturated rings. The smallest absolute Gasteiger partial charge is 0.227 e. The van der Waals surface area contributed by atoms with Crippen molar-refractivity contribution in [2.45, 2.75) is 18.9 Å². The molecule has 10 heteroatoms. The normalized spacial score (nSPS) is 15.4. The van der Waals surface area contributed by atoms with E-state index in [1.807, 2.05) is 0 Å². The summed E-state index contributed by atoms with van der Waals surface area (Å²) < 4.78 is 21.6. The van der Waals surface area contributed by atoms with Crippen LogP contribution in [0.2, 0.25) is 0 Å². The van der Waals surface area contributed by atoms with Crippen molar-refractivity contribution in [2.75, 3.05) is 40.5 Å². The fourth-order valence-corrected chi connectivity index (χ4v) is 3.53. The summed E-state index contributed by atoms with van der Waals surface area (Å²) >= 11 is 0. The van der Waals surface area contributed by atoms with Gasteiger partial charge in [0.15, 0.2) is 17.3 Å². The molecule has 0 unspecified atom stereocenters. The fraction of sp³-hybridized carbons (Fsp3) is 0.429. The Morgan fingerprint density at radius 3 is 2.29 bits per heavy atom. The van der Waals surface area contributed by atoms with Gasteiger partial charge in [0, 0.05) is 25.6 Å². The van der Waals surface area contributed by atoms with Crippen LogP contribution in [0.25, 0.3) is 0 Å². The number of benzene rings is 1. The van der Waals surface area contributed by atoms with E-state index >= 15 is 0 Å². The van der Waals surface area contributed by atoms with E-state index in [4.69, 9.17) is 24.4 Å². The van der Waals surface area contributed by atoms with E-state index in [0.29, 0.717) is 44.2 Å². The SMILES string of the molecule is COc1cc([C@@H](CC(N)=O)c2oc(CN3CCOCC3)cc(=O)c2O)cc(OC)c1O. The summed E-state index contributed by atoms with van der Waals surface area (Å²) in [6, 6.07) is 4.17. The van der Waals surface area contributed by atoms with Gasteiger partial charge in [-0.1, -0.05) is 0 Å². The Morgan fingerprint density at radius 2 is 1.74 bits per heavy atom. The summed E-state index contributed by atoms with van der Waals surface area (Å²) in [5.74, 6) is -1.97. The van der Waals surface area contributed by atoms with Gasteiger partial charge < -0.3 is 34.6 Å². The van der Waals surface area contributed by atoms with E-state index in [2.05, 4.69) is 4.90 Å². The Bertz CT molecular complexity index is 972. The fourth-order valence-electron chi connectivity index (χ4n) is 3.53. The van der Waals surface area contributed by atoms with Crippen molar-refractivity contribution >= 4 is 5.91 Å². The quantitative estimate of drug-likeness (QED) is 0.552. The molecule has 1 amide bonds. The molecule has 0 bridgehead atoms. The number of carbonyl (C=O) groups excluding carboxylic acids is 1. The monoisotopic (exact) mass is 434 g/mol. The van der Waals surface area contributed by atoms with Gasteiger partial charge in [0.05, 0.1) is 39.9 Å². The molecule has 1 aliphatic heterocycles. The molecule has 1 aromatic heterocycles. The molecule has 2 aromatic rings. The van der Waals surface area contributed by atoms with Crippen molar-refractivity contribution in [1.29, 1.82) is 0 Å². The second-order valence-corrected chi connectivity index (χ2v) is 7.18. The minimum atomic E-state index is -0.904. The lowest BCUT2D eigenvalue weighted by Gasteiger charge is -2.26. The first-order valence-corrected chi connectivity index (χ1v) is 9.73. The largest absolute Gasteiger partial charge is 0.502 e. The van der Waals surface area contributed by atoms with Crippen molar-refractivity contribution in [3.8, 4) is 23.0 Å². The van der Waals surface area contributed by atoms with Gasteiger partial charge in [-0.25, -0.2) is 0 Å². The number of rotatable bonds is 8. The number of aromatic hydroxyl groups is 2. The first-order chi connectivity index (χ1) is 14.8. The highest BCUT2D eigenvalue weighted by atomic mass is 16.5. The van der Waals surface area contributed by atoms with Crippen LogP contribution in [0.15, 0.2) is 27.4 Å². The number of phenols is 1. The number of nitrogens with two attached hydrogens (primary N) is 1. The second-order valence-electron chi connectivity index (χ2n) is 7.18. The highest BCUT2D eigenvalue weighted by Crippen LogP contribution is 2.42. The standard InChI is InChI=1S/C21H26N2O8/c1-28-16-7-12(8-17(29-2)20(16)27)14(10-18(22)25)21-19(26)15(24)9-13(31-21)11-23-3-5-30-6-4-23/h7-9,14,26-27H,3-6,10-11H2,1-2H3,(H2,22,25)/t14-/m1/s1. The Hall–Kier alpha value is -3.24. The third kappa shape index (κ3) is 5.09. The van der Waals surface area contributed by atoms with Crippen LogP contribution < -0.4 is 20.6 Å². The van der Waals surface area contributed by atoms with Gasteiger partial charge in [-0.3, -0.25) is 14.5 Å². The number of phenolic OH excluding ortho intramolecular Hbond substituents is 1. The average molecular weight is 434 g/mol. The highest BCUT2D eigenvalue weighted by molar-refractivity contribution is 5.75. The van der Waals surface area contributed by atoms with Crippen LogP contribution in [-0.2, 0) is 16.1 Å². The number of hydrogen-bond acceptors (Lipinski definition) is 9. The van der Waals surface area contributed by atoms with Gasteiger partial charge in [-0.2, -0.15) is 0 Å². The van der Waals surface area contributed by atoms with Crippen molar-refractivity contribution in [3.63, 3.8) is 0 Å². The third-order valence-corrected chi connectivity index (χ3v) is 5.11. The Morgan fingerprint density at radius 1 is 1.13 bits per heavy atom. The summed E-state index contributed by atoms with van der Waals surface area (Å²) in [5.41, 5.74) is 5.22. The summed E-state index contributed by atoms with van der Waals surface area (Å²) in [6.45, 7) is 2.85. The molecule has 2 heterocycles. The summed E-state index contributed by atoms with van der Waals surface area (Å²) in [5, 5.41) is 20.7. The van der Waals surface area contributed by atoms with Gasteiger partial charge in [-0.05, 0) is 17.7 Å². The number of methoxy groups -OCH3 is 2. The lowest BCUT2D eigenvalue weighted by atomic mass is 9.91. The molecule has 0 aliphatic carbocycles. The number of nitrogens with zero attached hydrogens (tertiary/aromatic N) is 1. The molecule has 4 N–H and O–H groups in total. The average Bonchev–Trinajstić information content (AvgIpc) is 2.75. The Kier molecular flexibility index (Phi) is 7.03. The molecule has 0 saturated carbocycles. The number of ether oxygens (including phenoxy) is 3. The molecular formula is C21H26N2O8. The first-order valence-electron chi connectivity index (χ1n) is 9.73. The van der Waals surface area contributed by atoms with Crippen LogP contribution in [0, 0.1) is 0 Å². The van der Waals surface area contributed by atoms with E-state index in [1.165, 1.54) is 32.4 Å². The number of primary amides is 1. The van der Waals surface area contributed by atoms with Crippen molar-refractivity contribution in [2.24, 2.45) is 5.73 Å². The highest BCUT2D eigenvalue weighted by Gasteiger charge is 2.28. The molecule has 10 nitrogen and oxygen atoms in total. The van der Waals surface area contributed by atoms with Crippen molar-refractivity contribution in [1.82, 2.24) is 4.90 Å². The zero-order chi connectivity index (χ0) is 22.5. The third-order valence-electron chi connectivity index (χ3n) is 5.11. The van der Waals surface area contributed by atoms with Crippen LogP contribution in [-0.4, -0.2) is 61.5 Å². The van der Waals surface area contributed by atoms with Crippen LogP contribution in [0.4, 0.5) is 0 Å². The first kappa shape index (κ1) is 22.4. The maximum atomic E-state index is 12.5. The molecule has 168 valence electrons. The van der Waals surface area contributed by atoms with E-state index in [-0.39, 0.29) is 29.4 Å². The van der Waals surface area contributed by atoms with E-state index in [1.54, 1.807) is 0 Å². The maximum Gasteiger partial charge on any atom is 0.227 e. The molecule has 1 aromatic carbocycles. The lowest BCUT2D eigenvalue weighted by Crippen LogP contribution is -2.35. The van der Waals surface area contributed by atoms with Crippen LogP contribution >= 0.6 is 0 Å². The molecular weight excluding hydrogens is 408 g/mol. The molecule has 1 atom stereocenters. The number of morpholine rings is 1. The summed E-state index contributed by atoms with van der Waals surface area (Å²) in [7, 11) is 2.73. The predicted molar refractivity (Wildman–Crippen MR) is 110 cm³/mol. The van der Waals surface area contributed by atoms with E-state index < -0.39 is 23.0 Å². The Labute approximate surface area is 178 Å². The topological polar surface area (TPSA) is 145 Å².